The molecule has 0 N–H and O–H groups in total. The second-order valence-electron chi connectivity index (χ2n) is 7.18. The Hall–Kier alpha value is -2.06. The molecule has 0 aliphatic carbocycles. The van der Waals surface area contributed by atoms with Crippen molar-refractivity contribution in [1.82, 2.24) is 14.3 Å². The van der Waals surface area contributed by atoms with Crippen LogP contribution in [0.25, 0.3) is 0 Å². The zero-order valence-electron chi connectivity index (χ0n) is 16.1. The first-order valence-electron chi connectivity index (χ1n) is 9.05. The molecule has 1 aliphatic heterocycles. The first-order valence-corrected chi connectivity index (χ1v) is 10.5. The average molecular weight is 393 g/mol. The Labute approximate surface area is 160 Å². The van der Waals surface area contributed by atoms with Crippen molar-refractivity contribution in [2.75, 3.05) is 31.1 Å². The van der Waals surface area contributed by atoms with E-state index in [2.05, 4.69) is 14.9 Å². The van der Waals surface area contributed by atoms with E-state index in [1.165, 1.54) is 22.5 Å². The average Bonchev–Trinajstić information content (AvgIpc) is 2.61. The molecule has 0 unspecified atom stereocenters. The molecule has 0 amide bonds. The number of benzene rings is 1. The fourth-order valence-corrected chi connectivity index (χ4v) is 4.82. The Morgan fingerprint density at radius 1 is 1.04 bits per heavy atom. The molecule has 0 radical (unpaired) electrons. The summed E-state index contributed by atoms with van der Waals surface area (Å²) in [7, 11) is -3.64. The van der Waals surface area contributed by atoms with Crippen LogP contribution < -0.4 is 4.90 Å². The maximum absolute atomic E-state index is 13.3. The van der Waals surface area contributed by atoms with Gasteiger partial charge in [0.15, 0.2) is 0 Å². The minimum absolute atomic E-state index is 0.164. The SMILES string of the molecule is Cc1cc(N2CCN(S(=O)(=O)c3ccc(F)cc3C)CC2)nc(C(C)C)n1. The molecular weight excluding hydrogens is 367 g/mol. The van der Waals surface area contributed by atoms with Crippen molar-refractivity contribution >= 4 is 15.8 Å². The van der Waals surface area contributed by atoms with E-state index in [4.69, 9.17) is 0 Å². The van der Waals surface area contributed by atoms with E-state index in [1.54, 1.807) is 6.92 Å². The Kier molecular flexibility index (Phi) is 5.48. The van der Waals surface area contributed by atoms with Gasteiger partial charge >= 0.3 is 0 Å². The summed E-state index contributed by atoms with van der Waals surface area (Å²) < 4.78 is 40.6. The number of anilines is 1. The van der Waals surface area contributed by atoms with Crippen LogP contribution >= 0.6 is 0 Å². The Bertz CT molecular complexity index is 939. The number of halogens is 1. The number of sulfonamides is 1. The number of hydrogen-bond donors (Lipinski definition) is 0. The van der Waals surface area contributed by atoms with Gasteiger partial charge in [0, 0.05) is 43.9 Å². The van der Waals surface area contributed by atoms with Gasteiger partial charge in [-0.15, -0.1) is 0 Å². The van der Waals surface area contributed by atoms with E-state index in [0.29, 0.717) is 31.7 Å². The topological polar surface area (TPSA) is 66.4 Å². The molecule has 3 rings (SSSR count). The highest BCUT2D eigenvalue weighted by Gasteiger charge is 2.30. The summed E-state index contributed by atoms with van der Waals surface area (Å²) >= 11 is 0. The van der Waals surface area contributed by atoms with Gasteiger partial charge in [0.05, 0.1) is 4.90 Å². The summed E-state index contributed by atoms with van der Waals surface area (Å²) in [6.45, 7) is 9.47. The number of rotatable bonds is 4. The maximum Gasteiger partial charge on any atom is 0.243 e. The van der Waals surface area contributed by atoms with Crippen molar-refractivity contribution in [1.29, 1.82) is 0 Å². The van der Waals surface area contributed by atoms with Crippen molar-refractivity contribution in [2.45, 2.75) is 38.5 Å². The molecule has 2 aromatic rings. The molecule has 0 atom stereocenters. The number of aryl methyl sites for hydroxylation is 2. The van der Waals surface area contributed by atoms with Crippen molar-refractivity contribution in [3.05, 3.63) is 47.2 Å². The van der Waals surface area contributed by atoms with Crippen LogP contribution in [0.15, 0.2) is 29.2 Å². The summed E-state index contributed by atoms with van der Waals surface area (Å²) in [4.78, 5) is 11.3. The van der Waals surface area contributed by atoms with Gasteiger partial charge in [0.25, 0.3) is 0 Å². The lowest BCUT2D eigenvalue weighted by Gasteiger charge is -2.35. The summed E-state index contributed by atoms with van der Waals surface area (Å²) in [5.41, 5.74) is 1.33. The minimum Gasteiger partial charge on any atom is -0.354 e. The Balaban J connectivity index is 1.77. The second kappa shape index (κ2) is 7.52. The predicted molar refractivity (Wildman–Crippen MR) is 103 cm³/mol. The smallest absolute Gasteiger partial charge is 0.243 e. The molecule has 27 heavy (non-hydrogen) atoms. The lowest BCUT2D eigenvalue weighted by molar-refractivity contribution is 0.383. The lowest BCUT2D eigenvalue weighted by Crippen LogP contribution is -2.49. The van der Waals surface area contributed by atoms with E-state index in [0.717, 1.165) is 17.3 Å². The summed E-state index contributed by atoms with van der Waals surface area (Å²) in [5.74, 6) is 1.42. The van der Waals surface area contributed by atoms with E-state index >= 15 is 0 Å². The van der Waals surface area contributed by atoms with Crippen LogP contribution in [0.2, 0.25) is 0 Å². The van der Waals surface area contributed by atoms with Gasteiger partial charge in [-0.05, 0) is 37.6 Å². The zero-order chi connectivity index (χ0) is 19.8. The number of aromatic nitrogens is 2. The molecule has 1 aromatic carbocycles. The third-order valence-electron chi connectivity index (χ3n) is 4.69. The van der Waals surface area contributed by atoms with Crippen molar-refractivity contribution in [3.8, 4) is 0 Å². The fourth-order valence-electron chi connectivity index (χ4n) is 3.19. The quantitative estimate of drug-likeness (QED) is 0.800. The van der Waals surface area contributed by atoms with Gasteiger partial charge < -0.3 is 4.90 Å². The minimum atomic E-state index is -3.64. The van der Waals surface area contributed by atoms with E-state index in [1.807, 2.05) is 26.8 Å². The molecule has 8 heteroatoms. The Morgan fingerprint density at radius 3 is 2.30 bits per heavy atom. The van der Waals surface area contributed by atoms with Gasteiger partial charge in [-0.2, -0.15) is 4.31 Å². The second-order valence-corrected chi connectivity index (χ2v) is 9.09. The van der Waals surface area contributed by atoms with Crippen molar-refractivity contribution in [2.24, 2.45) is 0 Å². The highest BCUT2D eigenvalue weighted by molar-refractivity contribution is 7.89. The number of hydrogen-bond acceptors (Lipinski definition) is 5. The molecule has 1 saturated heterocycles. The van der Waals surface area contributed by atoms with Crippen molar-refractivity contribution in [3.63, 3.8) is 0 Å². The fraction of sp³-hybridized carbons (Fsp3) is 0.474. The zero-order valence-corrected chi connectivity index (χ0v) is 16.9. The third kappa shape index (κ3) is 4.11. The van der Waals surface area contributed by atoms with Gasteiger partial charge in [0.1, 0.15) is 17.5 Å². The normalized spacial score (nSPS) is 16.1. The maximum atomic E-state index is 13.3. The first-order chi connectivity index (χ1) is 12.7. The summed E-state index contributed by atoms with van der Waals surface area (Å²) in [5, 5.41) is 0. The van der Waals surface area contributed by atoms with Crippen molar-refractivity contribution < 1.29 is 12.8 Å². The monoisotopic (exact) mass is 392 g/mol. The van der Waals surface area contributed by atoms with Crippen LogP contribution in [0.3, 0.4) is 0 Å². The highest BCUT2D eigenvalue weighted by Crippen LogP contribution is 2.24. The first kappa shape index (κ1) is 19.7. The van der Waals surface area contributed by atoms with Crippen LogP contribution in [-0.4, -0.2) is 48.9 Å². The molecule has 146 valence electrons. The van der Waals surface area contributed by atoms with Gasteiger partial charge in [-0.1, -0.05) is 13.8 Å². The molecule has 0 saturated carbocycles. The van der Waals surface area contributed by atoms with Gasteiger partial charge in [0.2, 0.25) is 10.0 Å². The summed E-state index contributed by atoms with van der Waals surface area (Å²) in [6.07, 6.45) is 0. The molecule has 6 nitrogen and oxygen atoms in total. The molecule has 2 heterocycles. The largest absolute Gasteiger partial charge is 0.354 e. The molecular formula is C19H25FN4O2S. The molecule has 1 fully saturated rings. The number of piperazine rings is 1. The third-order valence-corrected chi connectivity index (χ3v) is 6.75. The number of nitrogens with zero attached hydrogens (tertiary/aromatic N) is 4. The van der Waals surface area contributed by atoms with E-state index in [-0.39, 0.29) is 10.8 Å². The predicted octanol–water partition coefficient (Wildman–Crippen LogP) is 2.87. The van der Waals surface area contributed by atoms with E-state index in [9.17, 15) is 12.8 Å². The molecule has 1 aliphatic rings. The Morgan fingerprint density at radius 2 is 1.70 bits per heavy atom. The standard InChI is InChI=1S/C19H25FN4O2S/c1-13(2)19-21-15(4)12-18(22-19)23-7-9-24(10-8-23)27(25,26)17-6-5-16(20)11-14(17)3/h5-6,11-13H,7-10H2,1-4H3. The summed E-state index contributed by atoms with van der Waals surface area (Å²) in [6, 6.07) is 5.71. The van der Waals surface area contributed by atoms with Crippen LogP contribution in [0.4, 0.5) is 10.2 Å². The van der Waals surface area contributed by atoms with Crippen LogP contribution in [-0.2, 0) is 10.0 Å². The van der Waals surface area contributed by atoms with Gasteiger partial charge in [-0.3, -0.25) is 0 Å². The van der Waals surface area contributed by atoms with Gasteiger partial charge in [-0.25, -0.2) is 22.8 Å². The van der Waals surface area contributed by atoms with Crippen LogP contribution in [0.1, 0.15) is 36.8 Å². The van der Waals surface area contributed by atoms with Crippen LogP contribution in [0.5, 0.6) is 0 Å². The lowest BCUT2D eigenvalue weighted by atomic mass is 10.2. The van der Waals surface area contributed by atoms with E-state index < -0.39 is 15.8 Å². The molecule has 0 spiro atoms. The van der Waals surface area contributed by atoms with Crippen LogP contribution in [0, 0.1) is 19.7 Å². The highest BCUT2D eigenvalue weighted by atomic mass is 32.2. The molecule has 1 aromatic heterocycles. The molecule has 0 bridgehead atoms.